The highest BCUT2D eigenvalue weighted by atomic mass is 19.4. The maximum absolute atomic E-state index is 13.5. The maximum atomic E-state index is 13.5. The lowest BCUT2D eigenvalue weighted by Gasteiger charge is -2.24. The third-order valence-corrected chi connectivity index (χ3v) is 6.72. The van der Waals surface area contributed by atoms with Crippen LogP contribution in [-0.4, -0.2) is 24.1 Å². The van der Waals surface area contributed by atoms with Crippen molar-refractivity contribution >= 4 is 34.5 Å². The zero-order valence-corrected chi connectivity index (χ0v) is 20.2. The van der Waals surface area contributed by atoms with Crippen molar-refractivity contribution in [3.8, 4) is 0 Å². The highest BCUT2D eigenvalue weighted by molar-refractivity contribution is 6.07. The minimum Gasteiger partial charge on any atom is -0.322 e. The van der Waals surface area contributed by atoms with E-state index in [2.05, 4.69) is 5.32 Å². The van der Waals surface area contributed by atoms with Crippen LogP contribution in [0.15, 0.2) is 42.5 Å². The number of ketones is 1. The molecule has 1 heterocycles. The number of nitrogens with zero attached hydrogens (tertiary/aromatic N) is 1. The van der Waals surface area contributed by atoms with Crippen LogP contribution in [0.25, 0.3) is 5.57 Å². The van der Waals surface area contributed by atoms with Gasteiger partial charge < -0.3 is 10.2 Å². The number of hydrogen-bond donors (Lipinski definition) is 1. The molecule has 1 aliphatic heterocycles. The topological polar surface area (TPSA) is 66.5 Å². The van der Waals surface area contributed by atoms with Gasteiger partial charge in [-0.15, -0.1) is 0 Å². The summed E-state index contributed by atoms with van der Waals surface area (Å²) in [6, 6.07) is 8.88. The number of anilines is 2. The minimum atomic E-state index is -4.55. The smallest absolute Gasteiger partial charge is 0.322 e. The molecule has 1 aliphatic carbocycles. The molecular formula is C28H29F3N2O3. The van der Waals surface area contributed by atoms with Gasteiger partial charge in [-0.05, 0) is 60.6 Å². The molecule has 0 fully saturated rings. The van der Waals surface area contributed by atoms with Crippen LogP contribution in [0.3, 0.4) is 0 Å². The summed E-state index contributed by atoms with van der Waals surface area (Å²) in [4.78, 5) is 39.3. The Bertz CT molecular complexity index is 1220. The molecule has 1 N–H and O–H groups in total. The van der Waals surface area contributed by atoms with Gasteiger partial charge in [0, 0.05) is 43.1 Å². The fourth-order valence-corrected chi connectivity index (χ4v) is 4.84. The van der Waals surface area contributed by atoms with Crippen molar-refractivity contribution in [3.63, 3.8) is 0 Å². The summed E-state index contributed by atoms with van der Waals surface area (Å²) in [5.74, 6) is -0.523. The predicted molar refractivity (Wildman–Crippen MR) is 133 cm³/mol. The number of rotatable bonds is 5. The zero-order chi connectivity index (χ0) is 25.9. The molecular weight excluding hydrogens is 469 g/mol. The number of allylic oxidation sites excluding steroid dienone is 1. The summed E-state index contributed by atoms with van der Waals surface area (Å²) in [7, 11) is 0. The van der Waals surface area contributed by atoms with Crippen LogP contribution < -0.4 is 10.2 Å². The van der Waals surface area contributed by atoms with E-state index in [-0.39, 0.29) is 36.8 Å². The molecule has 0 bridgehead atoms. The van der Waals surface area contributed by atoms with E-state index in [4.69, 9.17) is 0 Å². The molecule has 0 aromatic heterocycles. The van der Waals surface area contributed by atoms with E-state index in [1.54, 1.807) is 6.07 Å². The Morgan fingerprint density at radius 3 is 2.67 bits per heavy atom. The number of nitrogens with one attached hydrogen (secondary N) is 1. The van der Waals surface area contributed by atoms with E-state index in [0.29, 0.717) is 48.9 Å². The standard InChI is InChI=1S/C28H29F3N2O3/c1-2-3-9-27(36)33-14-5-7-19(22-13-11-20(16-25(22)33)28(29,30)31)15-26(35)32-24-8-4-6-18-10-12-21(34)17-23(18)24/h4,6,8,11,13,15-16H,2-3,5,7,9-10,12,14,17H2,1H3,(H,32,35)/b19-15+. The van der Waals surface area contributed by atoms with E-state index in [0.717, 1.165) is 29.7 Å². The van der Waals surface area contributed by atoms with Crippen LogP contribution in [0.5, 0.6) is 0 Å². The number of fused-ring (bicyclic) bond motifs is 2. The molecule has 2 amide bonds. The number of aryl methyl sites for hydroxylation is 1. The van der Waals surface area contributed by atoms with Gasteiger partial charge in [0.15, 0.2) is 0 Å². The second-order valence-electron chi connectivity index (χ2n) is 9.30. The fraction of sp³-hybridized carbons (Fsp3) is 0.393. The Hall–Kier alpha value is -3.42. The summed E-state index contributed by atoms with van der Waals surface area (Å²) in [6.07, 6.45) is 0.893. The Balaban J connectivity index is 1.68. The van der Waals surface area contributed by atoms with E-state index < -0.39 is 17.6 Å². The van der Waals surface area contributed by atoms with Crippen LogP contribution in [-0.2, 0) is 33.4 Å². The number of Topliss-reactive ketones (excluding diaryl/α,β-unsaturated/α-hetero) is 1. The van der Waals surface area contributed by atoms with Gasteiger partial charge in [-0.25, -0.2) is 0 Å². The molecule has 5 nitrogen and oxygen atoms in total. The predicted octanol–water partition coefficient (Wildman–Crippen LogP) is 6.10. The van der Waals surface area contributed by atoms with Gasteiger partial charge in [-0.2, -0.15) is 13.2 Å². The number of carbonyl (C=O) groups excluding carboxylic acids is 3. The van der Waals surface area contributed by atoms with Gasteiger partial charge in [0.1, 0.15) is 5.78 Å². The molecule has 0 atom stereocenters. The molecule has 2 aromatic carbocycles. The number of unbranched alkanes of at least 4 members (excludes halogenated alkanes) is 1. The Labute approximate surface area is 208 Å². The molecule has 0 saturated carbocycles. The summed E-state index contributed by atoms with van der Waals surface area (Å²) in [5.41, 5.74) is 2.78. The number of hydrogen-bond acceptors (Lipinski definition) is 3. The summed E-state index contributed by atoms with van der Waals surface area (Å²) in [6.45, 7) is 2.23. The lowest BCUT2D eigenvalue weighted by molar-refractivity contribution is -0.137. The van der Waals surface area contributed by atoms with E-state index in [9.17, 15) is 27.6 Å². The Morgan fingerprint density at radius 1 is 1.11 bits per heavy atom. The number of carbonyl (C=O) groups is 3. The normalized spacial score (nSPS) is 16.8. The van der Waals surface area contributed by atoms with Crippen molar-refractivity contribution in [3.05, 3.63) is 64.7 Å². The molecule has 0 unspecified atom stereocenters. The second-order valence-corrected chi connectivity index (χ2v) is 9.30. The summed E-state index contributed by atoms with van der Waals surface area (Å²) >= 11 is 0. The van der Waals surface area contributed by atoms with E-state index in [1.165, 1.54) is 17.0 Å². The summed E-state index contributed by atoms with van der Waals surface area (Å²) in [5, 5.41) is 2.86. The SMILES string of the molecule is CCCCC(=O)N1CCC/C(=C\C(=O)Nc2cccc3c2CC(=O)CC3)c2ccc(C(F)(F)F)cc21. The van der Waals surface area contributed by atoms with Crippen LogP contribution >= 0.6 is 0 Å². The highest BCUT2D eigenvalue weighted by Crippen LogP contribution is 2.39. The number of amides is 2. The first-order chi connectivity index (χ1) is 17.2. The lowest BCUT2D eigenvalue weighted by atomic mass is 9.89. The quantitative estimate of drug-likeness (QED) is 0.507. The third-order valence-electron chi connectivity index (χ3n) is 6.72. The number of halogens is 3. The molecule has 190 valence electrons. The van der Waals surface area contributed by atoms with Crippen molar-refractivity contribution in [1.29, 1.82) is 0 Å². The van der Waals surface area contributed by atoms with Gasteiger partial charge in [-0.3, -0.25) is 14.4 Å². The van der Waals surface area contributed by atoms with Crippen molar-refractivity contribution in [2.75, 3.05) is 16.8 Å². The second kappa shape index (κ2) is 10.7. The first-order valence-corrected chi connectivity index (χ1v) is 12.3. The molecule has 4 rings (SSSR count). The lowest BCUT2D eigenvalue weighted by Crippen LogP contribution is -2.31. The monoisotopic (exact) mass is 498 g/mol. The molecule has 2 aliphatic rings. The van der Waals surface area contributed by atoms with Gasteiger partial charge in [0.05, 0.1) is 11.3 Å². The van der Waals surface area contributed by atoms with Gasteiger partial charge in [0.2, 0.25) is 11.8 Å². The molecule has 2 aromatic rings. The number of alkyl halides is 3. The van der Waals surface area contributed by atoms with Crippen LogP contribution in [0, 0.1) is 0 Å². The van der Waals surface area contributed by atoms with Gasteiger partial charge >= 0.3 is 6.18 Å². The average molecular weight is 499 g/mol. The molecule has 0 radical (unpaired) electrons. The minimum absolute atomic E-state index is 0.119. The van der Waals surface area contributed by atoms with Crippen molar-refractivity contribution in [1.82, 2.24) is 0 Å². The van der Waals surface area contributed by atoms with E-state index >= 15 is 0 Å². The van der Waals surface area contributed by atoms with Crippen LogP contribution in [0.1, 0.15) is 67.7 Å². The Kier molecular flexibility index (Phi) is 7.62. The largest absolute Gasteiger partial charge is 0.416 e. The first kappa shape index (κ1) is 25.7. The zero-order valence-electron chi connectivity index (χ0n) is 20.2. The van der Waals surface area contributed by atoms with Crippen LogP contribution in [0.2, 0.25) is 0 Å². The van der Waals surface area contributed by atoms with Gasteiger partial charge in [0.25, 0.3) is 0 Å². The molecule has 0 saturated heterocycles. The van der Waals surface area contributed by atoms with Crippen molar-refractivity contribution < 1.29 is 27.6 Å². The molecule has 0 spiro atoms. The van der Waals surface area contributed by atoms with Crippen molar-refractivity contribution in [2.45, 2.75) is 64.5 Å². The van der Waals surface area contributed by atoms with Gasteiger partial charge in [-0.1, -0.05) is 31.5 Å². The maximum Gasteiger partial charge on any atom is 0.416 e. The fourth-order valence-electron chi connectivity index (χ4n) is 4.84. The Morgan fingerprint density at radius 2 is 1.92 bits per heavy atom. The average Bonchev–Trinajstić information content (AvgIpc) is 3.01. The molecule has 8 heteroatoms. The highest BCUT2D eigenvalue weighted by Gasteiger charge is 2.33. The number of benzene rings is 2. The van der Waals surface area contributed by atoms with Crippen LogP contribution in [0.4, 0.5) is 24.5 Å². The third kappa shape index (κ3) is 5.69. The first-order valence-electron chi connectivity index (χ1n) is 12.3. The summed E-state index contributed by atoms with van der Waals surface area (Å²) < 4.78 is 40.5. The molecule has 36 heavy (non-hydrogen) atoms. The van der Waals surface area contributed by atoms with E-state index in [1.807, 2.05) is 19.1 Å². The van der Waals surface area contributed by atoms with Crippen molar-refractivity contribution in [2.24, 2.45) is 0 Å².